The lowest BCUT2D eigenvalue weighted by Gasteiger charge is -2.28. The lowest BCUT2D eigenvalue weighted by molar-refractivity contribution is -0.231. The molecule has 11 nitrogen and oxygen atoms in total. The number of aliphatic hydroxyl groups excluding tert-OH is 2. The number of hydrogen-bond donors (Lipinski definition) is 5. The van der Waals surface area contributed by atoms with Gasteiger partial charge in [-0.1, -0.05) is 0 Å². The Bertz CT molecular complexity index is 443. The van der Waals surface area contributed by atoms with Crippen LogP contribution in [-0.2, 0) is 18.9 Å². The molecule has 2 rings (SSSR count). The van der Waals surface area contributed by atoms with Crippen LogP contribution in [0.4, 0.5) is 4.79 Å². The van der Waals surface area contributed by atoms with E-state index in [-0.39, 0.29) is 25.1 Å². The summed E-state index contributed by atoms with van der Waals surface area (Å²) in [7, 11) is 4.01. The summed E-state index contributed by atoms with van der Waals surface area (Å²) in [5.41, 5.74) is 5.46. The molecule has 2 aliphatic heterocycles. The predicted octanol–water partition coefficient (Wildman–Crippen LogP) is -0.981. The summed E-state index contributed by atoms with van der Waals surface area (Å²) in [5.74, 6) is -0.726. The van der Waals surface area contributed by atoms with Crippen LogP contribution in [0.15, 0.2) is 0 Å². The Morgan fingerprint density at radius 2 is 1.96 bits per heavy atom. The number of ether oxygens (including phenoxy) is 4. The Balaban J connectivity index is 0.00000100. The maximum Gasteiger partial charge on any atom is 0.335 e. The summed E-state index contributed by atoms with van der Waals surface area (Å²) >= 11 is 0. The van der Waals surface area contributed by atoms with E-state index < -0.39 is 36.4 Å². The van der Waals surface area contributed by atoms with Crippen molar-refractivity contribution in [2.24, 2.45) is 5.73 Å². The minimum atomic E-state index is -1.01. The normalized spacial score (nSPS) is 29.3. The highest BCUT2D eigenvalue weighted by Gasteiger charge is 2.56. The molecule has 0 saturated carbocycles. The van der Waals surface area contributed by atoms with E-state index in [0.29, 0.717) is 6.61 Å². The minimum absolute atomic E-state index is 0. The first-order chi connectivity index (χ1) is 12.1. The quantitative estimate of drug-likeness (QED) is 0.199. The first-order valence-electron chi connectivity index (χ1n) is 8.37. The van der Waals surface area contributed by atoms with Crippen molar-refractivity contribution in [2.45, 2.75) is 56.8 Å². The molecule has 12 heteroatoms. The average molecular weight is 418 g/mol. The van der Waals surface area contributed by atoms with Gasteiger partial charge >= 0.3 is 6.03 Å². The monoisotopic (exact) mass is 417 g/mol. The van der Waals surface area contributed by atoms with Crippen LogP contribution in [0.25, 0.3) is 0 Å². The third-order valence-electron chi connectivity index (χ3n) is 3.76. The van der Waals surface area contributed by atoms with Gasteiger partial charge in [-0.2, -0.15) is 0 Å². The molecule has 0 aromatic rings. The van der Waals surface area contributed by atoms with Gasteiger partial charge in [-0.05, 0) is 40.9 Å². The first-order valence-corrected chi connectivity index (χ1v) is 8.37. The Kier molecular flexibility index (Phi) is 11.6. The number of rotatable bonds is 7. The van der Waals surface area contributed by atoms with Crippen LogP contribution in [0.3, 0.4) is 0 Å². The van der Waals surface area contributed by atoms with Crippen molar-refractivity contribution < 1.29 is 39.2 Å². The molecule has 162 valence electrons. The van der Waals surface area contributed by atoms with Gasteiger partial charge in [0.05, 0.1) is 6.61 Å². The lowest BCUT2D eigenvalue weighted by atomic mass is 10.1. The number of nitrogens with one attached hydrogen (secondary N) is 1. The lowest BCUT2D eigenvalue weighted by Crippen LogP contribution is -2.44. The van der Waals surface area contributed by atoms with Crippen LogP contribution in [0, 0.1) is 0 Å². The Hall–Kier alpha value is -0.760. The predicted molar refractivity (Wildman–Crippen MR) is 96.5 cm³/mol. The molecule has 0 aromatic heterocycles. The van der Waals surface area contributed by atoms with Crippen molar-refractivity contribution in [3.8, 4) is 0 Å². The van der Waals surface area contributed by atoms with E-state index in [1.54, 1.807) is 0 Å². The van der Waals surface area contributed by atoms with Crippen molar-refractivity contribution in [3.63, 3.8) is 0 Å². The maximum atomic E-state index is 9.88. The molecule has 5 unspecified atom stereocenters. The van der Waals surface area contributed by atoms with Crippen molar-refractivity contribution in [2.75, 3.05) is 33.9 Å². The van der Waals surface area contributed by atoms with Crippen LogP contribution in [0.1, 0.15) is 20.3 Å². The summed E-state index contributed by atoms with van der Waals surface area (Å²) in [4.78, 5) is 11.3. The van der Waals surface area contributed by atoms with E-state index in [1.807, 2.05) is 27.9 Å². The van der Waals surface area contributed by atoms with Gasteiger partial charge in [-0.15, -0.1) is 12.4 Å². The molecule has 2 amide bonds. The van der Waals surface area contributed by atoms with E-state index in [1.165, 1.54) is 5.48 Å². The number of urea groups is 1. The fraction of sp³-hybridized carbons (Fsp3) is 0.933. The molecule has 2 fully saturated rings. The van der Waals surface area contributed by atoms with Crippen molar-refractivity contribution >= 4 is 18.4 Å². The molecular formula is C15H32ClN3O8. The smallest absolute Gasteiger partial charge is 0.335 e. The third-order valence-corrected chi connectivity index (χ3v) is 3.76. The number of carbonyl (C=O) groups excluding carboxylic acids is 1. The molecule has 6 N–H and O–H groups in total. The molecule has 5 atom stereocenters. The van der Waals surface area contributed by atoms with Crippen LogP contribution < -0.4 is 11.2 Å². The van der Waals surface area contributed by atoms with E-state index in [2.05, 4.69) is 10.6 Å². The molecule has 0 aliphatic carbocycles. The second-order valence-corrected chi connectivity index (χ2v) is 6.79. The topological polar surface area (TPSA) is 156 Å². The second-order valence-electron chi connectivity index (χ2n) is 6.79. The average Bonchev–Trinajstić information content (AvgIpc) is 3.03. The highest BCUT2D eigenvalue weighted by Crippen LogP contribution is 2.39. The van der Waals surface area contributed by atoms with Crippen LogP contribution in [0.5, 0.6) is 0 Å². The van der Waals surface area contributed by atoms with Crippen molar-refractivity contribution in [1.82, 2.24) is 10.4 Å². The van der Waals surface area contributed by atoms with Crippen LogP contribution in [-0.4, -0.2) is 96.7 Å². The number of hydroxylamine groups is 1. The molecule has 0 bridgehead atoms. The Morgan fingerprint density at radius 1 is 1.37 bits per heavy atom. The molecular weight excluding hydrogens is 386 g/mol. The zero-order valence-corrected chi connectivity index (χ0v) is 16.8. The first kappa shape index (κ1) is 26.2. The number of fused-ring (bicyclic) bond motifs is 1. The number of nitrogens with two attached hydrogens (primary N) is 1. The summed E-state index contributed by atoms with van der Waals surface area (Å²) in [6.45, 7) is 4.70. The minimum Gasteiger partial charge on any atom is -0.394 e. The highest BCUT2D eigenvalue weighted by molar-refractivity contribution is 5.85. The molecule has 2 heterocycles. The molecule has 0 radical (unpaired) electrons. The van der Waals surface area contributed by atoms with Gasteiger partial charge in [0.25, 0.3) is 0 Å². The van der Waals surface area contributed by atoms with Gasteiger partial charge < -0.3 is 39.8 Å². The number of aliphatic hydroxyl groups is 2. The molecule has 2 saturated heterocycles. The van der Waals surface area contributed by atoms with E-state index in [9.17, 15) is 9.90 Å². The van der Waals surface area contributed by atoms with Gasteiger partial charge in [0, 0.05) is 6.61 Å². The van der Waals surface area contributed by atoms with E-state index in [4.69, 9.17) is 29.3 Å². The van der Waals surface area contributed by atoms with Gasteiger partial charge in [0.1, 0.15) is 24.4 Å². The zero-order valence-electron chi connectivity index (χ0n) is 16.0. The van der Waals surface area contributed by atoms with Crippen molar-refractivity contribution in [1.29, 1.82) is 0 Å². The highest BCUT2D eigenvalue weighted by atomic mass is 35.5. The number of halogens is 1. The summed E-state index contributed by atoms with van der Waals surface area (Å²) in [6, 6.07) is -0.940. The number of nitrogens with zero attached hydrogens (tertiary/aromatic N) is 1. The zero-order chi connectivity index (χ0) is 19.9. The fourth-order valence-corrected chi connectivity index (χ4v) is 2.71. The summed E-state index contributed by atoms with van der Waals surface area (Å²) < 4.78 is 23.0. The molecule has 2 aliphatic rings. The van der Waals surface area contributed by atoms with Gasteiger partial charge in [-0.3, -0.25) is 5.21 Å². The Morgan fingerprint density at radius 3 is 2.44 bits per heavy atom. The molecule has 27 heavy (non-hydrogen) atoms. The number of hydrogen-bond acceptors (Lipinski definition) is 9. The number of primary amides is 1. The van der Waals surface area contributed by atoms with Gasteiger partial charge in [0.2, 0.25) is 0 Å². The summed E-state index contributed by atoms with van der Waals surface area (Å²) in [5, 5.41) is 26.5. The standard InChI is InChI=1S/C14H27NO6.CH4N2O2.ClH/c1-14(2)20-12-11(18-7-5-6-15(3)4)10(9(17)8-16)19-13(12)21-14;2-1(4)3-5;/h9-13,16-17H,5-8H2,1-4H3;5H,(H3,2,3,4);1H. The maximum absolute atomic E-state index is 9.88. The third kappa shape index (κ3) is 8.42. The van der Waals surface area contributed by atoms with Crippen LogP contribution in [0.2, 0.25) is 0 Å². The fourth-order valence-electron chi connectivity index (χ4n) is 2.71. The van der Waals surface area contributed by atoms with Crippen LogP contribution >= 0.6 is 12.4 Å². The second kappa shape index (κ2) is 11.9. The van der Waals surface area contributed by atoms with E-state index >= 15 is 0 Å². The van der Waals surface area contributed by atoms with Crippen molar-refractivity contribution in [3.05, 3.63) is 0 Å². The largest absolute Gasteiger partial charge is 0.394 e. The molecule has 0 spiro atoms. The molecule has 0 aromatic carbocycles. The summed E-state index contributed by atoms with van der Waals surface area (Å²) in [6.07, 6.45) is -2.17. The van der Waals surface area contributed by atoms with E-state index in [0.717, 1.165) is 13.0 Å². The number of carbonyl (C=O) groups is 1. The van der Waals surface area contributed by atoms with Gasteiger partial charge in [-0.25, -0.2) is 10.3 Å². The SMILES string of the molecule is CN(C)CCCOC1C(C(O)CO)OC2OC(C)(C)OC21.Cl.NC(=O)NO. The Labute approximate surface area is 165 Å². The number of amides is 2. The van der Waals surface area contributed by atoms with Gasteiger partial charge in [0.15, 0.2) is 12.1 Å².